The Labute approximate surface area is 172 Å². The minimum Gasteiger partial charge on any atom is -0.353 e. The number of carbonyl (C=O) groups is 3. The lowest BCUT2D eigenvalue weighted by atomic mass is 10.0. The summed E-state index contributed by atoms with van der Waals surface area (Å²) in [6.45, 7) is 6.55. The highest BCUT2D eigenvalue weighted by atomic mass is 16.2. The SMILES string of the molecule is CCN(CC)C(=O)CC[C@@H]1CNC(=O)[C@@H]2C[C@H](NC(=O)Nc3ccccc3)CN12. The Morgan fingerprint density at radius 1 is 1.21 bits per heavy atom. The van der Waals surface area contributed by atoms with Crippen LogP contribution in [-0.2, 0) is 9.59 Å². The number of nitrogens with one attached hydrogen (secondary N) is 3. The number of para-hydroxylation sites is 1. The molecule has 0 aromatic heterocycles. The number of anilines is 1. The molecule has 0 bridgehead atoms. The summed E-state index contributed by atoms with van der Waals surface area (Å²) in [5.74, 6) is 0.156. The second-order valence-electron chi connectivity index (χ2n) is 7.61. The molecule has 4 amide bonds. The fourth-order valence-corrected chi connectivity index (χ4v) is 4.25. The molecule has 3 atom stereocenters. The molecule has 29 heavy (non-hydrogen) atoms. The Morgan fingerprint density at radius 2 is 1.93 bits per heavy atom. The van der Waals surface area contributed by atoms with E-state index in [2.05, 4.69) is 20.9 Å². The van der Waals surface area contributed by atoms with E-state index in [1.807, 2.05) is 49.1 Å². The first-order chi connectivity index (χ1) is 14.0. The molecule has 0 unspecified atom stereocenters. The molecule has 0 radical (unpaired) electrons. The number of carbonyl (C=O) groups excluding carboxylic acids is 3. The van der Waals surface area contributed by atoms with Crippen LogP contribution in [-0.4, -0.2) is 71.9 Å². The smallest absolute Gasteiger partial charge is 0.319 e. The third-order valence-electron chi connectivity index (χ3n) is 5.80. The quantitative estimate of drug-likeness (QED) is 0.644. The van der Waals surface area contributed by atoms with Gasteiger partial charge in [0.1, 0.15) is 0 Å². The van der Waals surface area contributed by atoms with Crippen LogP contribution in [0.1, 0.15) is 33.1 Å². The molecule has 1 aromatic rings. The van der Waals surface area contributed by atoms with E-state index in [1.54, 1.807) is 0 Å². The Kier molecular flexibility index (Phi) is 7.09. The third-order valence-corrected chi connectivity index (χ3v) is 5.80. The van der Waals surface area contributed by atoms with Crippen LogP contribution in [0.25, 0.3) is 0 Å². The van der Waals surface area contributed by atoms with Gasteiger partial charge in [-0.15, -0.1) is 0 Å². The molecule has 158 valence electrons. The van der Waals surface area contributed by atoms with Crippen molar-refractivity contribution in [1.82, 2.24) is 20.4 Å². The molecule has 0 spiro atoms. The van der Waals surface area contributed by atoms with E-state index in [0.29, 0.717) is 45.4 Å². The number of benzene rings is 1. The van der Waals surface area contributed by atoms with Crippen LogP contribution in [0.4, 0.5) is 10.5 Å². The first-order valence-electron chi connectivity index (χ1n) is 10.5. The van der Waals surface area contributed by atoms with Crippen molar-refractivity contribution in [3.05, 3.63) is 30.3 Å². The summed E-state index contributed by atoms with van der Waals surface area (Å²) < 4.78 is 0. The molecule has 3 N–H and O–H groups in total. The van der Waals surface area contributed by atoms with Crippen LogP contribution in [0.2, 0.25) is 0 Å². The van der Waals surface area contributed by atoms with Crippen molar-refractivity contribution < 1.29 is 14.4 Å². The van der Waals surface area contributed by atoms with E-state index < -0.39 is 0 Å². The number of fused-ring (bicyclic) bond motifs is 1. The van der Waals surface area contributed by atoms with Crippen molar-refractivity contribution in [2.45, 2.75) is 51.2 Å². The molecule has 0 aliphatic carbocycles. The lowest BCUT2D eigenvalue weighted by Crippen LogP contribution is -2.58. The average molecular weight is 402 g/mol. The van der Waals surface area contributed by atoms with Gasteiger partial charge in [0.2, 0.25) is 11.8 Å². The highest BCUT2D eigenvalue weighted by molar-refractivity contribution is 5.89. The predicted octanol–water partition coefficient (Wildman–Crippen LogP) is 1.40. The van der Waals surface area contributed by atoms with Gasteiger partial charge in [-0.25, -0.2) is 4.79 Å². The van der Waals surface area contributed by atoms with Crippen LogP contribution >= 0.6 is 0 Å². The van der Waals surface area contributed by atoms with Crippen LogP contribution < -0.4 is 16.0 Å². The number of hydrogen-bond donors (Lipinski definition) is 3. The van der Waals surface area contributed by atoms with E-state index in [9.17, 15) is 14.4 Å². The van der Waals surface area contributed by atoms with Gasteiger partial charge in [0.05, 0.1) is 6.04 Å². The summed E-state index contributed by atoms with van der Waals surface area (Å²) in [5, 5.41) is 8.76. The highest BCUT2D eigenvalue weighted by Crippen LogP contribution is 2.26. The monoisotopic (exact) mass is 401 g/mol. The van der Waals surface area contributed by atoms with E-state index in [1.165, 1.54) is 0 Å². The maximum Gasteiger partial charge on any atom is 0.319 e. The second kappa shape index (κ2) is 9.73. The molecule has 8 heteroatoms. The topological polar surface area (TPSA) is 93.8 Å². The molecular formula is C21H31N5O3. The zero-order valence-electron chi connectivity index (χ0n) is 17.2. The predicted molar refractivity (Wildman–Crippen MR) is 111 cm³/mol. The Morgan fingerprint density at radius 3 is 2.62 bits per heavy atom. The largest absolute Gasteiger partial charge is 0.353 e. The first-order valence-corrected chi connectivity index (χ1v) is 10.5. The van der Waals surface area contributed by atoms with Crippen molar-refractivity contribution in [3.8, 4) is 0 Å². The van der Waals surface area contributed by atoms with Gasteiger partial charge in [-0.3, -0.25) is 14.5 Å². The summed E-state index contributed by atoms with van der Waals surface area (Å²) in [7, 11) is 0. The van der Waals surface area contributed by atoms with Gasteiger partial charge in [0.15, 0.2) is 0 Å². The molecule has 1 aromatic carbocycles. The Balaban J connectivity index is 1.54. The number of piperazine rings is 1. The molecule has 2 saturated heterocycles. The van der Waals surface area contributed by atoms with Crippen molar-refractivity contribution in [2.75, 3.05) is 31.5 Å². The van der Waals surface area contributed by atoms with Crippen LogP contribution in [0.15, 0.2) is 30.3 Å². The minimum absolute atomic E-state index is 0.00378. The van der Waals surface area contributed by atoms with E-state index in [-0.39, 0.29) is 36.0 Å². The van der Waals surface area contributed by atoms with Crippen LogP contribution in [0, 0.1) is 0 Å². The first kappa shape index (κ1) is 21.1. The van der Waals surface area contributed by atoms with Crippen LogP contribution in [0.3, 0.4) is 0 Å². The highest BCUT2D eigenvalue weighted by Gasteiger charge is 2.43. The van der Waals surface area contributed by atoms with Gasteiger partial charge >= 0.3 is 6.03 Å². The van der Waals surface area contributed by atoms with Gasteiger partial charge in [0.25, 0.3) is 0 Å². The molecule has 8 nitrogen and oxygen atoms in total. The second-order valence-corrected chi connectivity index (χ2v) is 7.61. The summed E-state index contributed by atoms with van der Waals surface area (Å²) in [5.41, 5.74) is 0.728. The maximum atomic E-state index is 12.3. The number of urea groups is 1. The molecule has 2 aliphatic heterocycles. The molecular weight excluding hydrogens is 370 g/mol. The third kappa shape index (κ3) is 5.26. The number of nitrogens with zero attached hydrogens (tertiary/aromatic N) is 2. The van der Waals surface area contributed by atoms with Gasteiger partial charge < -0.3 is 20.9 Å². The van der Waals surface area contributed by atoms with Crippen molar-refractivity contribution >= 4 is 23.5 Å². The normalized spacial score (nSPS) is 23.8. The average Bonchev–Trinajstić information content (AvgIpc) is 3.13. The number of hydrogen-bond acceptors (Lipinski definition) is 4. The maximum absolute atomic E-state index is 12.3. The molecule has 2 aliphatic rings. The van der Waals surface area contributed by atoms with Crippen molar-refractivity contribution in [2.24, 2.45) is 0 Å². The minimum atomic E-state index is -0.269. The lowest BCUT2D eigenvalue weighted by Gasteiger charge is -2.37. The zero-order valence-corrected chi connectivity index (χ0v) is 17.2. The molecule has 2 fully saturated rings. The fourth-order valence-electron chi connectivity index (χ4n) is 4.25. The van der Waals surface area contributed by atoms with Gasteiger partial charge in [0, 0.05) is 50.4 Å². The fraction of sp³-hybridized carbons (Fsp3) is 0.571. The standard InChI is InChI=1S/C21H31N5O3/c1-3-25(4-2)19(27)11-10-17-13-22-20(28)18-12-16(14-26(17)18)24-21(29)23-15-8-6-5-7-9-15/h5-9,16-18H,3-4,10-14H2,1-2H3,(H,22,28)(H2,23,24,29)/t16-,17+,18-/m0/s1. The van der Waals surface area contributed by atoms with E-state index in [4.69, 9.17) is 0 Å². The Hall–Kier alpha value is -2.61. The molecule has 3 rings (SSSR count). The van der Waals surface area contributed by atoms with Gasteiger partial charge in [-0.1, -0.05) is 18.2 Å². The summed E-state index contributed by atoms with van der Waals surface area (Å²) in [6, 6.07) is 8.76. The zero-order chi connectivity index (χ0) is 20.8. The van der Waals surface area contributed by atoms with E-state index in [0.717, 1.165) is 5.69 Å². The van der Waals surface area contributed by atoms with Crippen molar-refractivity contribution in [1.29, 1.82) is 0 Å². The summed E-state index contributed by atoms with van der Waals surface area (Å²) >= 11 is 0. The van der Waals surface area contributed by atoms with Gasteiger partial charge in [-0.2, -0.15) is 0 Å². The summed E-state index contributed by atoms with van der Waals surface area (Å²) in [4.78, 5) is 41.0. The molecule has 2 heterocycles. The van der Waals surface area contributed by atoms with E-state index >= 15 is 0 Å². The lowest BCUT2D eigenvalue weighted by molar-refractivity contribution is -0.132. The van der Waals surface area contributed by atoms with Gasteiger partial charge in [-0.05, 0) is 38.8 Å². The number of rotatable bonds is 7. The van der Waals surface area contributed by atoms with Crippen molar-refractivity contribution in [3.63, 3.8) is 0 Å². The Bertz CT molecular complexity index is 722. The summed E-state index contributed by atoms with van der Waals surface area (Å²) in [6.07, 6.45) is 1.75. The number of amides is 4. The molecule has 0 saturated carbocycles. The van der Waals surface area contributed by atoms with Crippen LogP contribution in [0.5, 0.6) is 0 Å².